The lowest BCUT2D eigenvalue weighted by molar-refractivity contribution is -0.114. The van der Waals surface area contributed by atoms with Crippen molar-refractivity contribution >= 4 is 17.2 Å². The van der Waals surface area contributed by atoms with Crippen LogP contribution in [0.5, 0.6) is 5.19 Å². The molecule has 0 radical (unpaired) electrons. The maximum Gasteiger partial charge on any atom is 0.273 e. The summed E-state index contributed by atoms with van der Waals surface area (Å²) in [5.74, 6) is -0.166. The number of aryl methyl sites for hydroxylation is 1. The number of thiazole rings is 1. The number of carbonyl (C=O) groups is 1. The number of hydrogen-bond acceptors (Lipinski definition) is 6. The molecule has 0 aromatic carbocycles. The largest absolute Gasteiger partial charge is 0.473 e. The van der Waals surface area contributed by atoms with Gasteiger partial charge >= 0.3 is 0 Å². The topological polar surface area (TPSA) is 82.9 Å². The summed E-state index contributed by atoms with van der Waals surface area (Å²) >= 11 is 1.20. The number of methoxy groups -OCH3 is 1. The average Bonchev–Trinajstić information content (AvgIpc) is 2.82. The predicted molar refractivity (Wildman–Crippen MR) is 75.2 cm³/mol. The number of hydrogen-bond donors (Lipinski definition) is 2. The monoisotopic (exact) mass is 300 g/mol. The van der Waals surface area contributed by atoms with Crippen molar-refractivity contribution in [1.29, 1.82) is 0 Å². The summed E-state index contributed by atoms with van der Waals surface area (Å²) in [5, 5.41) is 20.7. The van der Waals surface area contributed by atoms with Gasteiger partial charge in [-0.2, -0.15) is 0 Å². The number of amides is 1. The molecule has 1 aliphatic heterocycles. The van der Waals surface area contributed by atoms with Crippen molar-refractivity contribution in [2.45, 2.75) is 38.4 Å². The first-order chi connectivity index (χ1) is 9.41. The Balaban J connectivity index is 2.13. The quantitative estimate of drug-likeness (QED) is 0.863. The minimum Gasteiger partial charge on any atom is -0.473 e. The van der Waals surface area contributed by atoms with Crippen LogP contribution in [0.3, 0.4) is 0 Å². The van der Waals surface area contributed by atoms with Crippen LogP contribution in [0.1, 0.15) is 35.1 Å². The van der Waals surface area contributed by atoms with Crippen LogP contribution >= 0.6 is 11.3 Å². The van der Waals surface area contributed by atoms with E-state index >= 15 is 0 Å². The van der Waals surface area contributed by atoms with Crippen molar-refractivity contribution in [3.63, 3.8) is 0 Å². The minimum atomic E-state index is -1.09. The van der Waals surface area contributed by atoms with Gasteiger partial charge in [-0.3, -0.25) is 4.79 Å². The van der Waals surface area contributed by atoms with E-state index in [-0.39, 0.29) is 12.5 Å². The van der Waals surface area contributed by atoms with E-state index in [0.29, 0.717) is 35.2 Å². The highest BCUT2D eigenvalue weighted by Crippen LogP contribution is 2.30. The fourth-order valence-electron chi connectivity index (χ4n) is 2.36. The number of aliphatic hydroxyl groups excluding tert-OH is 1. The summed E-state index contributed by atoms with van der Waals surface area (Å²) in [5.41, 5.74) is -0.459. The molecule has 0 bridgehead atoms. The normalized spacial score (nSPS) is 26.6. The highest BCUT2D eigenvalue weighted by atomic mass is 32.1. The Kier molecular flexibility index (Phi) is 4.31. The van der Waals surface area contributed by atoms with Crippen LogP contribution in [0.4, 0.5) is 0 Å². The minimum absolute atomic E-state index is 0.142. The molecule has 1 aromatic rings. The Morgan fingerprint density at radius 1 is 1.65 bits per heavy atom. The number of ether oxygens (including phenoxy) is 1. The van der Waals surface area contributed by atoms with E-state index in [1.807, 2.05) is 6.92 Å². The van der Waals surface area contributed by atoms with E-state index in [0.717, 1.165) is 0 Å². The second kappa shape index (κ2) is 5.67. The van der Waals surface area contributed by atoms with Gasteiger partial charge in [0.2, 0.25) is 0 Å². The van der Waals surface area contributed by atoms with Gasteiger partial charge in [-0.15, -0.1) is 0 Å². The molecular formula is C13H20N2O4S. The number of likely N-dealkylation sites (tertiary alicyclic amines) is 1. The number of aliphatic hydroxyl groups is 2. The number of carbonyl (C=O) groups excluding carboxylic acids is 1. The molecule has 0 saturated carbocycles. The molecule has 20 heavy (non-hydrogen) atoms. The zero-order chi connectivity index (χ0) is 14.9. The number of aromatic nitrogens is 1. The van der Waals surface area contributed by atoms with E-state index in [1.165, 1.54) is 18.4 Å². The van der Waals surface area contributed by atoms with Crippen molar-refractivity contribution in [2.75, 3.05) is 20.2 Å². The SMILES string of the molecule is CC[C@@]1(O)CCN(C(=O)c2sc(OC)nc2C)C[C@H]1O. The van der Waals surface area contributed by atoms with Crippen LogP contribution in [-0.4, -0.2) is 57.9 Å². The lowest BCUT2D eigenvalue weighted by Gasteiger charge is -2.41. The lowest BCUT2D eigenvalue weighted by atomic mass is 9.86. The molecule has 7 heteroatoms. The van der Waals surface area contributed by atoms with Crippen molar-refractivity contribution in [3.8, 4) is 5.19 Å². The van der Waals surface area contributed by atoms with E-state index in [1.54, 1.807) is 11.8 Å². The van der Waals surface area contributed by atoms with E-state index in [9.17, 15) is 15.0 Å². The van der Waals surface area contributed by atoms with Crippen LogP contribution in [0.2, 0.25) is 0 Å². The first kappa shape index (κ1) is 15.2. The Labute approximate surface area is 122 Å². The van der Waals surface area contributed by atoms with Crippen molar-refractivity contribution in [1.82, 2.24) is 9.88 Å². The fourth-order valence-corrected chi connectivity index (χ4v) is 3.21. The molecular weight excluding hydrogens is 280 g/mol. The van der Waals surface area contributed by atoms with Crippen molar-refractivity contribution < 1.29 is 19.7 Å². The Hall–Kier alpha value is -1.18. The molecule has 6 nitrogen and oxygen atoms in total. The van der Waals surface area contributed by atoms with Gasteiger partial charge < -0.3 is 19.8 Å². The van der Waals surface area contributed by atoms with Crippen molar-refractivity contribution in [2.24, 2.45) is 0 Å². The maximum absolute atomic E-state index is 12.4. The molecule has 0 unspecified atom stereocenters. The molecule has 1 aromatic heterocycles. The zero-order valence-corrected chi connectivity index (χ0v) is 12.7. The highest BCUT2D eigenvalue weighted by molar-refractivity contribution is 7.15. The van der Waals surface area contributed by atoms with Gasteiger partial charge in [-0.25, -0.2) is 4.98 Å². The standard InChI is InChI=1S/C13H20N2O4S/c1-4-13(18)5-6-15(7-9(13)16)11(17)10-8(2)14-12(19-3)20-10/h9,16,18H,4-7H2,1-3H3/t9-,13-/m1/s1. The number of piperidine rings is 1. The second-order valence-corrected chi connectivity index (χ2v) is 6.03. The fraction of sp³-hybridized carbons (Fsp3) is 0.692. The third kappa shape index (κ3) is 2.65. The molecule has 2 heterocycles. The highest BCUT2D eigenvalue weighted by Gasteiger charge is 2.41. The summed E-state index contributed by atoms with van der Waals surface area (Å²) in [4.78, 5) is 18.7. The van der Waals surface area contributed by atoms with Gasteiger partial charge in [0.25, 0.3) is 11.1 Å². The summed E-state index contributed by atoms with van der Waals surface area (Å²) < 4.78 is 5.03. The first-order valence-electron chi connectivity index (χ1n) is 6.62. The van der Waals surface area contributed by atoms with Crippen LogP contribution in [0.15, 0.2) is 0 Å². The smallest absolute Gasteiger partial charge is 0.273 e. The van der Waals surface area contributed by atoms with Gasteiger partial charge in [0.05, 0.1) is 18.4 Å². The molecule has 112 valence electrons. The number of nitrogens with zero attached hydrogens (tertiary/aromatic N) is 2. The predicted octanol–water partition coefficient (Wildman–Crippen LogP) is 0.808. The molecule has 0 spiro atoms. The number of rotatable bonds is 3. The van der Waals surface area contributed by atoms with Crippen LogP contribution in [-0.2, 0) is 0 Å². The number of β-amino-alcohol motifs (C(OH)–C–C–N with tert-alkyl or cyclic N) is 1. The van der Waals surface area contributed by atoms with Gasteiger partial charge in [0.15, 0.2) is 0 Å². The van der Waals surface area contributed by atoms with Crippen LogP contribution in [0.25, 0.3) is 0 Å². The van der Waals surface area contributed by atoms with E-state index in [4.69, 9.17) is 4.74 Å². The third-order valence-electron chi connectivity index (χ3n) is 3.87. The molecule has 2 atom stereocenters. The summed E-state index contributed by atoms with van der Waals surface area (Å²) in [6, 6.07) is 0. The van der Waals surface area contributed by atoms with Crippen molar-refractivity contribution in [3.05, 3.63) is 10.6 Å². The lowest BCUT2D eigenvalue weighted by Crippen LogP contribution is -2.56. The molecule has 2 rings (SSSR count). The van der Waals surface area contributed by atoms with Gasteiger partial charge in [0.1, 0.15) is 11.0 Å². The second-order valence-electron chi connectivity index (χ2n) is 5.07. The summed E-state index contributed by atoms with van der Waals surface area (Å²) in [6.07, 6.45) is -0.0602. The molecule has 2 N–H and O–H groups in total. The molecule has 1 saturated heterocycles. The maximum atomic E-state index is 12.4. The summed E-state index contributed by atoms with van der Waals surface area (Å²) in [7, 11) is 1.51. The van der Waals surface area contributed by atoms with E-state index in [2.05, 4.69) is 4.98 Å². The van der Waals surface area contributed by atoms with Gasteiger partial charge in [-0.05, 0) is 19.8 Å². The van der Waals surface area contributed by atoms with E-state index < -0.39 is 11.7 Å². The molecule has 0 aliphatic carbocycles. The Morgan fingerprint density at radius 2 is 2.35 bits per heavy atom. The zero-order valence-electron chi connectivity index (χ0n) is 11.9. The van der Waals surface area contributed by atoms with Crippen LogP contribution in [0, 0.1) is 6.92 Å². The van der Waals surface area contributed by atoms with Gasteiger partial charge in [0, 0.05) is 13.1 Å². The molecule has 1 aliphatic rings. The molecule has 1 fully saturated rings. The third-order valence-corrected chi connectivity index (χ3v) is 4.98. The summed E-state index contributed by atoms with van der Waals surface area (Å²) in [6.45, 7) is 4.16. The van der Waals surface area contributed by atoms with Gasteiger partial charge in [-0.1, -0.05) is 18.3 Å². The Morgan fingerprint density at radius 3 is 2.85 bits per heavy atom. The molecule has 1 amide bonds. The first-order valence-corrected chi connectivity index (χ1v) is 7.44. The van der Waals surface area contributed by atoms with Crippen LogP contribution < -0.4 is 4.74 Å². The average molecular weight is 300 g/mol. The Bertz CT molecular complexity index is 505.